The lowest BCUT2D eigenvalue weighted by Gasteiger charge is -2.05. The molecular weight excluding hydrogens is 435 g/mol. The highest BCUT2D eigenvalue weighted by Crippen LogP contribution is 2.29. The number of aldehydes is 1. The van der Waals surface area contributed by atoms with Gasteiger partial charge in [-0.2, -0.15) is 13.2 Å². The van der Waals surface area contributed by atoms with Gasteiger partial charge in [-0.15, -0.1) is 0 Å². The third-order valence-electron chi connectivity index (χ3n) is 4.04. The van der Waals surface area contributed by atoms with Crippen molar-refractivity contribution in [3.05, 3.63) is 101 Å². The smallest absolute Gasteiger partial charge is 0.416 e. The molecule has 5 nitrogen and oxygen atoms in total. The molecule has 0 saturated carbocycles. The van der Waals surface area contributed by atoms with E-state index < -0.39 is 17.7 Å². The first-order chi connectivity index (χ1) is 15.7. The summed E-state index contributed by atoms with van der Waals surface area (Å²) in [7, 11) is 0. The van der Waals surface area contributed by atoms with Crippen LogP contribution in [0.4, 0.5) is 13.2 Å². The fraction of sp³-hybridized carbons (Fsp3) is 0.200. The average Bonchev–Trinajstić information content (AvgIpc) is 2.82. The van der Waals surface area contributed by atoms with E-state index in [1.165, 1.54) is 17.7 Å². The predicted octanol–water partition coefficient (Wildman–Crippen LogP) is 5.49. The van der Waals surface area contributed by atoms with E-state index >= 15 is 0 Å². The first-order valence-electron chi connectivity index (χ1n) is 10.0. The predicted molar refractivity (Wildman–Crippen MR) is 121 cm³/mol. The number of nitrogens with two attached hydrogens (primary N) is 1. The summed E-state index contributed by atoms with van der Waals surface area (Å²) in [5.74, 6) is 0.0499. The fourth-order valence-corrected chi connectivity index (χ4v) is 2.45. The first kappa shape index (κ1) is 27.4. The summed E-state index contributed by atoms with van der Waals surface area (Å²) in [6.07, 6.45) is -3.05. The largest absolute Gasteiger partial charge is 0.494 e. The average molecular weight is 461 g/mol. The molecule has 0 heterocycles. The van der Waals surface area contributed by atoms with Crippen molar-refractivity contribution in [3.63, 3.8) is 0 Å². The number of hydrogen-bond donors (Lipinski definition) is 2. The lowest BCUT2D eigenvalue weighted by atomic mass is 10.1. The zero-order valence-electron chi connectivity index (χ0n) is 18.1. The van der Waals surface area contributed by atoms with Crippen LogP contribution >= 0.6 is 0 Å². The van der Waals surface area contributed by atoms with Crippen molar-refractivity contribution >= 4 is 12.3 Å². The summed E-state index contributed by atoms with van der Waals surface area (Å²) in [6, 6.07) is 20.6. The molecular formula is C25H26F3NO4. The molecule has 0 bridgehead atoms. The van der Waals surface area contributed by atoms with Gasteiger partial charge < -0.3 is 15.6 Å². The standard InChI is InChI=1S/C10H15NO.C8H5F3O.C7H6O2/c1-2-12-10-5-3-9(4-6-10)7-8-11;9-8(10,11)7-3-1-2-6(4-7)5-12;8-7(9)6-4-2-1-3-5-6/h3-6H,2,7-8,11H2,1H3;1-5H;1-5H,(H,8,9). The third-order valence-corrected chi connectivity index (χ3v) is 4.04. The second-order valence-corrected chi connectivity index (χ2v) is 6.53. The summed E-state index contributed by atoms with van der Waals surface area (Å²) < 4.78 is 41.3. The second-order valence-electron chi connectivity index (χ2n) is 6.53. The molecule has 33 heavy (non-hydrogen) atoms. The van der Waals surface area contributed by atoms with Crippen LogP contribution in [0.3, 0.4) is 0 Å². The number of carbonyl (C=O) groups excluding carboxylic acids is 1. The highest BCUT2D eigenvalue weighted by atomic mass is 19.4. The Hall–Kier alpha value is -3.65. The maximum atomic E-state index is 12.0. The Balaban J connectivity index is 0.000000250. The minimum absolute atomic E-state index is 0.0322. The van der Waals surface area contributed by atoms with Crippen molar-refractivity contribution in [2.75, 3.05) is 13.2 Å². The molecule has 0 saturated heterocycles. The number of carbonyl (C=O) groups is 2. The quantitative estimate of drug-likeness (QED) is 0.474. The normalized spacial score (nSPS) is 10.1. The van der Waals surface area contributed by atoms with Gasteiger partial charge in [0.2, 0.25) is 0 Å². The van der Waals surface area contributed by atoms with Crippen molar-refractivity contribution in [1.29, 1.82) is 0 Å². The minimum atomic E-state index is -4.38. The van der Waals surface area contributed by atoms with Crippen molar-refractivity contribution in [3.8, 4) is 5.75 Å². The highest BCUT2D eigenvalue weighted by molar-refractivity contribution is 5.87. The number of rotatable bonds is 6. The monoisotopic (exact) mass is 461 g/mol. The maximum Gasteiger partial charge on any atom is 0.416 e. The molecule has 3 rings (SSSR count). The van der Waals surface area contributed by atoms with Gasteiger partial charge in [0.1, 0.15) is 12.0 Å². The molecule has 3 aromatic rings. The van der Waals surface area contributed by atoms with Crippen LogP contribution in [0.1, 0.15) is 38.8 Å². The summed E-state index contributed by atoms with van der Waals surface area (Å²) in [5.41, 5.74) is 6.26. The number of hydrogen-bond acceptors (Lipinski definition) is 4. The van der Waals surface area contributed by atoms with E-state index in [0.717, 1.165) is 30.9 Å². The van der Waals surface area contributed by atoms with Crippen molar-refractivity contribution in [2.24, 2.45) is 5.73 Å². The lowest BCUT2D eigenvalue weighted by molar-refractivity contribution is -0.137. The Kier molecular flexibility index (Phi) is 12.0. The Bertz CT molecular complexity index is 950. The van der Waals surface area contributed by atoms with Crippen LogP contribution in [0.2, 0.25) is 0 Å². The topological polar surface area (TPSA) is 89.6 Å². The van der Waals surface area contributed by atoms with E-state index in [1.807, 2.05) is 19.1 Å². The van der Waals surface area contributed by atoms with Crippen molar-refractivity contribution in [1.82, 2.24) is 0 Å². The molecule has 0 aliphatic heterocycles. The molecule has 3 aromatic carbocycles. The first-order valence-corrected chi connectivity index (χ1v) is 10.0. The number of aromatic carboxylic acids is 1. The Labute approximate surface area is 190 Å². The minimum Gasteiger partial charge on any atom is -0.494 e. The molecule has 0 atom stereocenters. The van der Waals surface area contributed by atoms with Gasteiger partial charge in [0.25, 0.3) is 0 Å². The van der Waals surface area contributed by atoms with E-state index in [0.29, 0.717) is 18.4 Å². The molecule has 0 aliphatic carbocycles. The number of alkyl halides is 3. The molecule has 0 spiro atoms. The van der Waals surface area contributed by atoms with Gasteiger partial charge >= 0.3 is 12.1 Å². The molecule has 0 radical (unpaired) electrons. The van der Waals surface area contributed by atoms with Gasteiger partial charge in [0.05, 0.1) is 17.7 Å². The van der Waals surface area contributed by atoms with Crippen LogP contribution < -0.4 is 10.5 Å². The molecule has 8 heteroatoms. The lowest BCUT2D eigenvalue weighted by Crippen LogP contribution is -2.04. The van der Waals surface area contributed by atoms with E-state index in [1.54, 1.807) is 30.3 Å². The van der Waals surface area contributed by atoms with Gasteiger partial charge in [0, 0.05) is 5.56 Å². The van der Waals surface area contributed by atoms with Crippen LogP contribution in [0, 0.1) is 0 Å². The van der Waals surface area contributed by atoms with Gasteiger partial charge in [0.15, 0.2) is 0 Å². The molecule has 0 aliphatic rings. The summed E-state index contributed by atoms with van der Waals surface area (Å²) in [4.78, 5) is 20.3. The highest BCUT2D eigenvalue weighted by Gasteiger charge is 2.30. The van der Waals surface area contributed by atoms with E-state index in [-0.39, 0.29) is 5.56 Å². The van der Waals surface area contributed by atoms with Crippen LogP contribution in [0.15, 0.2) is 78.9 Å². The molecule has 0 fully saturated rings. The number of benzene rings is 3. The Morgan fingerprint density at radius 2 is 1.64 bits per heavy atom. The second kappa shape index (κ2) is 14.4. The van der Waals surface area contributed by atoms with Crippen LogP contribution in [-0.2, 0) is 12.6 Å². The number of ether oxygens (including phenoxy) is 1. The van der Waals surface area contributed by atoms with Crippen LogP contribution in [0.25, 0.3) is 0 Å². The van der Waals surface area contributed by atoms with Crippen molar-refractivity contribution in [2.45, 2.75) is 19.5 Å². The van der Waals surface area contributed by atoms with E-state index in [2.05, 4.69) is 12.1 Å². The number of carboxylic acid groups (broad SMARTS) is 1. The summed E-state index contributed by atoms with van der Waals surface area (Å²) >= 11 is 0. The van der Waals surface area contributed by atoms with Crippen LogP contribution in [-0.4, -0.2) is 30.5 Å². The fourth-order valence-electron chi connectivity index (χ4n) is 2.45. The van der Waals surface area contributed by atoms with Gasteiger partial charge in [-0.05, 0) is 61.9 Å². The van der Waals surface area contributed by atoms with E-state index in [9.17, 15) is 22.8 Å². The maximum absolute atomic E-state index is 12.0. The van der Waals surface area contributed by atoms with Gasteiger partial charge in [-0.3, -0.25) is 4.79 Å². The zero-order valence-corrected chi connectivity index (χ0v) is 18.1. The summed E-state index contributed by atoms with van der Waals surface area (Å²) in [5, 5.41) is 8.38. The Morgan fingerprint density at radius 1 is 1.00 bits per heavy atom. The van der Waals surface area contributed by atoms with Crippen molar-refractivity contribution < 1.29 is 32.6 Å². The number of halogens is 3. The Morgan fingerprint density at radius 3 is 2.09 bits per heavy atom. The zero-order chi connectivity index (χ0) is 24.7. The van der Waals surface area contributed by atoms with Gasteiger partial charge in [-0.25, -0.2) is 4.79 Å². The molecule has 3 N–H and O–H groups in total. The number of carboxylic acids is 1. The molecule has 176 valence electrons. The van der Waals surface area contributed by atoms with Crippen LogP contribution in [0.5, 0.6) is 5.75 Å². The molecule has 0 aromatic heterocycles. The molecule has 0 unspecified atom stereocenters. The van der Waals surface area contributed by atoms with E-state index in [4.69, 9.17) is 15.6 Å². The molecule has 0 amide bonds. The van der Waals surface area contributed by atoms with Gasteiger partial charge in [-0.1, -0.05) is 42.5 Å². The summed E-state index contributed by atoms with van der Waals surface area (Å²) in [6.45, 7) is 3.40. The third kappa shape index (κ3) is 11.0. The SMILES string of the molecule is CCOc1ccc(CCN)cc1.O=C(O)c1ccccc1.O=Cc1cccc(C(F)(F)F)c1.